The number of rotatable bonds is 4. The van der Waals surface area contributed by atoms with E-state index < -0.39 is 0 Å². The van der Waals surface area contributed by atoms with Crippen LogP contribution in [0.3, 0.4) is 0 Å². The Kier molecular flexibility index (Phi) is 4.40. The predicted octanol–water partition coefficient (Wildman–Crippen LogP) is 4.77. The van der Waals surface area contributed by atoms with Gasteiger partial charge >= 0.3 is 0 Å². The van der Waals surface area contributed by atoms with Gasteiger partial charge in [-0.2, -0.15) is 0 Å². The summed E-state index contributed by atoms with van der Waals surface area (Å²) in [5, 5.41) is 0.989. The molecule has 0 fully saturated rings. The smallest absolute Gasteiger partial charge is 0.180 e. The molecule has 0 aliphatic rings. The van der Waals surface area contributed by atoms with Gasteiger partial charge in [-0.1, -0.05) is 30.1 Å². The standard InChI is InChI=1S/C14H11Cl2NO2/c1-2-13(18)12-6-4-10(8-17-12)19-14-7-9(15)3-5-11(14)16/h3-8H,2H2,1H3. The van der Waals surface area contributed by atoms with Crippen molar-refractivity contribution in [3.05, 3.63) is 52.3 Å². The first-order chi connectivity index (χ1) is 9.10. The second-order valence-corrected chi connectivity index (χ2v) is 4.68. The van der Waals surface area contributed by atoms with Gasteiger partial charge in [-0.3, -0.25) is 4.79 Å². The van der Waals surface area contributed by atoms with E-state index in [1.165, 1.54) is 6.20 Å². The zero-order valence-electron chi connectivity index (χ0n) is 10.2. The van der Waals surface area contributed by atoms with Crippen LogP contribution in [0.15, 0.2) is 36.5 Å². The number of carbonyl (C=O) groups excluding carboxylic acids is 1. The summed E-state index contributed by atoms with van der Waals surface area (Å²) >= 11 is 11.9. The van der Waals surface area contributed by atoms with Crippen molar-refractivity contribution in [1.29, 1.82) is 0 Å². The number of hydrogen-bond donors (Lipinski definition) is 0. The van der Waals surface area contributed by atoms with Gasteiger partial charge in [0.05, 0.1) is 11.2 Å². The molecule has 3 nitrogen and oxygen atoms in total. The molecule has 0 spiro atoms. The third kappa shape index (κ3) is 3.46. The van der Waals surface area contributed by atoms with Crippen molar-refractivity contribution in [3.63, 3.8) is 0 Å². The lowest BCUT2D eigenvalue weighted by atomic mass is 10.2. The van der Waals surface area contributed by atoms with Crippen LogP contribution in [-0.4, -0.2) is 10.8 Å². The van der Waals surface area contributed by atoms with Crippen LogP contribution in [0.5, 0.6) is 11.5 Å². The molecule has 1 aromatic carbocycles. The second kappa shape index (κ2) is 6.04. The highest BCUT2D eigenvalue weighted by atomic mass is 35.5. The first-order valence-electron chi connectivity index (χ1n) is 5.72. The molecule has 2 aromatic rings. The van der Waals surface area contributed by atoms with E-state index in [1.807, 2.05) is 0 Å². The van der Waals surface area contributed by atoms with Crippen molar-refractivity contribution in [1.82, 2.24) is 4.98 Å². The summed E-state index contributed by atoms with van der Waals surface area (Å²) in [6.07, 6.45) is 1.91. The van der Waals surface area contributed by atoms with Crippen molar-refractivity contribution in [3.8, 4) is 11.5 Å². The third-order valence-electron chi connectivity index (χ3n) is 2.46. The fraction of sp³-hybridized carbons (Fsp3) is 0.143. The largest absolute Gasteiger partial charge is 0.454 e. The van der Waals surface area contributed by atoms with Gasteiger partial charge in [0.15, 0.2) is 5.78 Å². The molecule has 0 N–H and O–H groups in total. The highest BCUT2D eigenvalue weighted by molar-refractivity contribution is 6.34. The quantitative estimate of drug-likeness (QED) is 0.763. The first kappa shape index (κ1) is 13.8. The van der Waals surface area contributed by atoms with Crippen LogP contribution < -0.4 is 4.74 Å². The average Bonchev–Trinajstić information content (AvgIpc) is 2.43. The van der Waals surface area contributed by atoms with Gasteiger partial charge in [-0.25, -0.2) is 4.98 Å². The molecule has 98 valence electrons. The molecule has 2 rings (SSSR count). The van der Waals surface area contributed by atoms with Gasteiger partial charge in [0.1, 0.15) is 17.2 Å². The van der Waals surface area contributed by atoms with Crippen LogP contribution >= 0.6 is 23.2 Å². The lowest BCUT2D eigenvalue weighted by Crippen LogP contribution is -1.99. The maximum atomic E-state index is 11.4. The molecule has 0 unspecified atom stereocenters. The Balaban J connectivity index is 2.19. The monoisotopic (exact) mass is 295 g/mol. The van der Waals surface area contributed by atoms with E-state index in [1.54, 1.807) is 37.3 Å². The molecule has 0 saturated carbocycles. The Hall–Kier alpha value is -1.58. The zero-order chi connectivity index (χ0) is 13.8. The minimum absolute atomic E-state index is 0.00709. The summed E-state index contributed by atoms with van der Waals surface area (Å²) in [6.45, 7) is 1.79. The molecule has 0 bridgehead atoms. The van der Waals surface area contributed by atoms with Crippen LogP contribution in [0, 0.1) is 0 Å². The maximum absolute atomic E-state index is 11.4. The molecule has 0 aliphatic carbocycles. The third-order valence-corrected chi connectivity index (χ3v) is 3.01. The van der Waals surface area contributed by atoms with E-state index in [9.17, 15) is 4.79 Å². The molecule has 0 radical (unpaired) electrons. The summed E-state index contributed by atoms with van der Waals surface area (Å²) in [5.74, 6) is 0.940. The molecule has 0 atom stereocenters. The number of ketones is 1. The number of benzene rings is 1. The van der Waals surface area contributed by atoms with Gasteiger partial charge in [-0.05, 0) is 24.3 Å². The average molecular weight is 296 g/mol. The van der Waals surface area contributed by atoms with Crippen molar-refractivity contribution < 1.29 is 9.53 Å². The summed E-state index contributed by atoms with van der Waals surface area (Å²) in [4.78, 5) is 15.5. The number of aromatic nitrogens is 1. The number of pyridine rings is 1. The van der Waals surface area contributed by atoms with Crippen molar-refractivity contribution in [2.75, 3.05) is 0 Å². The summed E-state index contributed by atoms with van der Waals surface area (Å²) in [7, 11) is 0. The van der Waals surface area contributed by atoms with Crippen molar-refractivity contribution in [2.24, 2.45) is 0 Å². The van der Waals surface area contributed by atoms with Crippen molar-refractivity contribution >= 4 is 29.0 Å². The van der Waals surface area contributed by atoms with Gasteiger partial charge in [0.25, 0.3) is 0 Å². The Morgan fingerprint density at radius 3 is 2.68 bits per heavy atom. The lowest BCUT2D eigenvalue weighted by molar-refractivity contribution is 0.0983. The van der Waals surface area contributed by atoms with E-state index in [0.717, 1.165) is 0 Å². The highest BCUT2D eigenvalue weighted by Crippen LogP contribution is 2.31. The van der Waals surface area contributed by atoms with E-state index in [-0.39, 0.29) is 5.78 Å². The number of hydrogen-bond acceptors (Lipinski definition) is 3. The fourth-order valence-corrected chi connectivity index (χ4v) is 1.79. The van der Waals surface area contributed by atoms with E-state index in [0.29, 0.717) is 33.7 Å². The molecule has 5 heteroatoms. The topological polar surface area (TPSA) is 39.2 Å². The first-order valence-corrected chi connectivity index (χ1v) is 6.48. The Bertz CT molecular complexity index is 597. The minimum Gasteiger partial charge on any atom is -0.454 e. The van der Waals surface area contributed by atoms with E-state index >= 15 is 0 Å². The normalized spacial score (nSPS) is 10.3. The molecule has 1 heterocycles. The molecule has 0 amide bonds. The Morgan fingerprint density at radius 2 is 2.05 bits per heavy atom. The molecule has 0 aliphatic heterocycles. The number of Topliss-reactive ketones (excluding diaryl/α,β-unsaturated/α-hetero) is 1. The van der Waals surface area contributed by atoms with Gasteiger partial charge < -0.3 is 4.74 Å². The van der Waals surface area contributed by atoms with Crippen LogP contribution in [-0.2, 0) is 0 Å². The van der Waals surface area contributed by atoms with Gasteiger partial charge in [0.2, 0.25) is 0 Å². The molecular weight excluding hydrogens is 285 g/mol. The van der Waals surface area contributed by atoms with Crippen LogP contribution in [0.1, 0.15) is 23.8 Å². The maximum Gasteiger partial charge on any atom is 0.180 e. The molecule has 1 aromatic heterocycles. The Morgan fingerprint density at radius 1 is 1.26 bits per heavy atom. The summed E-state index contributed by atoms with van der Waals surface area (Å²) < 4.78 is 5.57. The van der Waals surface area contributed by atoms with Crippen LogP contribution in [0.4, 0.5) is 0 Å². The Labute approximate surface area is 121 Å². The zero-order valence-corrected chi connectivity index (χ0v) is 11.7. The minimum atomic E-state index is -0.00709. The molecular formula is C14H11Cl2NO2. The number of nitrogens with zero attached hydrogens (tertiary/aromatic N) is 1. The number of ether oxygens (including phenoxy) is 1. The van der Waals surface area contributed by atoms with Crippen molar-refractivity contribution in [2.45, 2.75) is 13.3 Å². The van der Waals surface area contributed by atoms with E-state index in [4.69, 9.17) is 27.9 Å². The van der Waals surface area contributed by atoms with Gasteiger partial charge in [0, 0.05) is 17.5 Å². The number of carbonyl (C=O) groups is 1. The lowest BCUT2D eigenvalue weighted by Gasteiger charge is -2.07. The van der Waals surface area contributed by atoms with E-state index in [2.05, 4.69) is 4.98 Å². The second-order valence-electron chi connectivity index (χ2n) is 3.83. The molecule has 19 heavy (non-hydrogen) atoms. The molecule has 0 saturated heterocycles. The van der Waals surface area contributed by atoms with Crippen LogP contribution in [0.2, 0.25) is 10.0 Å². The predicted molar refractivity (Wildman–Crippen MR) is 75.4 cm³/mol. The summed E-state index contributed by atoms with van der Waals surface area (Å²) in [5.41, 5.74) is 0.423. The van der Waals surface area contributed by atoms with Crippen LogP contribution in [0.25, 0.3) is 0 Å². The number of halogens is 2. The summed E-state index contributed by atoms with van der Waals surface area (Å²) in [6, 6.07) is 8.25. The fourth-order valence-electron chi connectivity index (χ4n) is 1.47. The highest BCUT2D eigenvalue weighted by Gasteiger charge is 2.07. The SMILES string of the molecule is CCC(=O)c1ccc(Oc2cc(Cl)ccc2Cl)cn1. The van der Waals surface area contributed by atoms with Gasteiger partial charge in [-0.15, -0.1) is 0 Å².